The Kier molecular flexibility index (Phi) is 9.63. The second kappa shape index (κ2) is 16.9. The molecule has 0 unspecified atom stereocenters. The molecule has 1 aliphatic heterocycles. The summed E-state index contributed by atoms with van der Waals surface area (Å²) in [6, 6.07) is 84.8. The number of aromatic nitrogens is 4. The van der Waals surface area contributed by atoms with Crippen LogP contribution in [0.2, 0.25) is 0 Å². The predicted octanol–water partition coefficient (Wildman–Crippen LogP) is 17.4. The topological polar surface area (TPSA) is 43.4 Å². The Labute approximate surface area is 433 Å². The zero-order valence-electron chi connectivity index (χ0n) is 41.4. The summed E-state index contributed by atoms with van der Waals surface area (Å²) in [5, 5.41) is 7.13. The van der Waals surface area contributed by atoms with Crippen molar-refractivity contribution in [3.63, 3.8) is 0 Å². The number of nitrogens with zero attached hydrogens (tertiary/aromatic N) is 6. The molecule has 5 heterocycles. The average Bonchev–Trinajstić information content (AvgIpc) is 4.19. The zero-order chi connectivity index (χ0) is 49.7. The Hall–Kier alpha value is -9.85. The van der Waals surface area contributed by atoms with Crippen molar-refractivity contribution in [1.29, 1.82) is 0 Å². The van der Waals surface area contributed by atoms with Crippen LogP contribution in [0.1, 0.15) is 5.56 Å². The molecule has 14 aromatic rings. The van der Waals surface area contributed by atoms with Crippen molar-refractivity contribution in [3.05, 3.63) is 248 Å². The monoisotopic (exact) mass is 964 g/mol. The molecular weight excluding hydrogens is 917 g/mol. The van der Waals surface area contributed by atoms with Gasteiger partial charge in [0.2, 0.25) is 0 Å². The van der Waals surface area contributed by atoms with E-state index in [-0.39, 0.29) is 0 Å². The van der Waals surface area contributed by atoms with Crippen LogP contribution in [0, 0.1) is 6.92 Å². The van der Waals surface area contributed by atoms with Crippen molar-refractivity contribution >= 4 is 82.5 Å². The van der Waals surface area contributed by atoms with Crippen molar-refractivity contribution in [2.75, 3.05) is 23.5 Å². The van der Waals surface area contributed by atoms with E-state index < -0.39 is 0 Å². The van der Waals surface area contributed by atoms with Crippen LogP contribution in [0.15, 0.2) is 243 Å². The van der Waals surface area contributed by atoms with E-state index in [1.807, 2.05) is 0 Å². The van der Waals surface area contributed by atoms with Crippen LogP contribution in [0.4, 0.5) is 17.1 Å². The van der Waals surface area contributed by atoms with Crippen molar-refractivity contribution in [2.45, 2.75) is 6.92 Å². The Morgan fingerprint density at radius 2 is 0.893 bits per heavy atom. The molecule has 1 aliphatic rings. The maximum absolute atomic E-state index is 7.12. The lowest BCUT2D eigenvalue weighted by Gasteiger charge is -2.21. The second-order valence-corrected chi connectivity index (χ2v) is 19.7. The molecule has 0 radical (unpaired) electrons. The van der Waals surface area contributed by atoms with Gasteiger partial charge in [0.15, 0.2) is 0 Å². The molecular formula is C68H48N6O. The summed E-state index contributed by atoms with van der Waals surface area (Å²) in [4.78, 5) is 10.1. The van der Waals surface area contributed by atoms with E-state index in [1.165, 1.54) is 32.9 Å². The molecule has 0 fully saturated rings. The first kappa shape index (κ1) is 42.8. The van der Waals surface area contributed by atoms with Crippen molar-refractivity contribution in [2.24, 2.45) is 0 Å². The van der Waals surface area contributed by atoms with Gasteiger partial charge in [-0.05, 0) is 96.9 Å². The number of aryl methyl sites for hydroxylation is 1. The minimum Gasteiger partial charge on any atom is -0.457 e. The Morgan fingerprint density at radius 1 is 0.400 bits per heavy atom. The predicted molar refractivity (Wildman–Crippen MR) is 311 cm³/mol. The third-order valence-electron chi connectivity index (χ3n) is 15.4. The van der Waals surface area contributed by atoms with E-state index in [4.69, 9.17) is 9.72 Å². The minimum absolute atomic E-state index is 0.753. The normalized spacial score (nSPS) is 12.6. The number of rotatable bonds is 8. The molecule has 4 aromatic heterocycles. The van der Waals surface area contributed by atoms with Gasteiger partial charge in [0, 0.05) is 80.1 Å². The second-order valence-electron chi connectivity index (χ2n) is 19.7. The highest BCUT2D eigenvalue weighted by Gasteiger charge is 2.27. The van der Waals surface area contributed by atoms with Gasteiger partial charge in [-0.25, -0.2) is 4.98 Å². The van der Waals surface area contributed by atoms with Gasteiger partial charge in [-0.1, -0.05) is 146 Å². The summed E-state index contributed by atoms with van der Waals surface area (Å²) in [6.07, 6.45) is 2.10. The van der Waals surface area contributed by atoms with Crippen molar-refractivity contribution in [3.8, 4) is 50.9 Å². The number of fused-ring (bicyclic) bond motifs is 10. The van der Waals surface area contributed by atoms with Crippen LogP contribution in [0.3, 0.4) is 0 Å². The number of para-hydroxylation sites is 7. The van der Waals surface area contributed by atoms with Crippen LogP contribution in [0.25, 0.3) is 105 Å². The Balaban J connectivity index is 0.937. The summed E-state index contributed by atoms with van der Waals surface area (Å²) in [7, 11) is 2.14. The summed E-state index contributed by atoms with van der Waals surface area (Å²) in [5.41, 5.74) is 17.7. The fourth-order valence-corrected chi connectivity index (χ4v) is 12.1. The molecule has 0 spiro atoms. The van der Waals surface area contributed by atoms with E-state index in [1.54, 1.807) is 0 Å². The van der Waals surface area contributed by atoms with Gasteiger partial charge >= 0.3 is 0 Å². The van der Waals surface area contributed by atoms with Crippen LogP contribution in [-0.2, 0) is 0 Å². The number of anilines is 3. The molecule has 75 heavy (non-hydrogen) atoms. The van der Waals surface area contributed by atoms with E-state index in [0.29, 0.717) is 0 Å². The maximum atomic E-state index is 7.12. The third kappa shape index (κ3) is 6.64. The Morgan fingerprint density at radius 3 is 1.48 bits per heavy atom. The van der Waals surface area contributed by atoms with E-state index in [0.717, 1.165) is 113 Å². The standard InChI is InChI=1S/C68H48N6O/c1-44-38-67(69-42-55(44)68-63(72-56-29-11-6-24-48(56)49-25-7-12-30-57(49)72)36-19-37-64(68)73-58-31-13-8-26-50(58)51-27-9-14-32-59(51)73)74-60-33-15-10-28-52(60)54-40-53(45-20-4-3-5-21-45)66(41-65(54)74)75-47-23-18-22-46(39-47)71-43-70(2)61-34-16-17-35-62(61)71/h3-42H,43H2,1-2H3. The van der Waals surface area contributed by atoms with Gasteiger partial charge in [0.1, 0.15) is 17.3 Å². The van der Waals surface area contributed by atoms with Crippen molar-refractivity contribution in [1.82, 2.24) is 18.7 Å². The highest BCUT2D eigenvalue weighted by molar-refractivity contribution is 6.13. The zero-order valence-corrected chi connectivity index (χ0v) is 41.4. The van der Waals surface area contributed by atoms with Crippen LogP contribution in [0.5, 0.6) is 11.5 Å². The summed E-state index contributed by atoms with van der Waals surface area (Å²) in [6.45, 7) is 2.99. The quantitative estimate of drug-likeness (QED) is 0.152. The molecule has 7 heteroatoms. The van der Waals surface area contributed by atoms with Gasteiger partial charge < -0.3 is 23.7 Å². The molecule has 0 atom stereocenters. The fraction of sp³-hybridized carbons (Fsp3) is 0.0441. The molecule has 10 aromatic carbocycles. The van der Waals surface area contributed by atoms with Gasteiger partial charge in [0.25, 0.3) is 0 Å². The smallest absolute Gasteiger partial charge is 0.137 e. The fourth-order valence-electron chi connectivity index (χ4n) is 12.1. The lowest BCUT2D eigenvalue weighted by atomic mass is 9.98. The first-order chi connectivity index (χ1) is 37.1. The Bertz CT molecular complexity index is 4360. The van der Waals surface area contributed by atoms with Gasteiger partial charge in [-0.15, -0.1) is 0 Å². The summed E-state index contributed by atoms with van der Waals surface area (Å²) >= 11 is 0. The number of hydrogen-bond donors (Lipinski definition) is 0. The van der Waals surface area contributed by atoms with Crippen molar-refractivity contribution < 1.29 is 4.74 Å². The van der Waals surface area contributed by atoms with E-state index >= 15 is 0 Å². The number of pyridine rings is 1. The van der Waals surface area contributed by atoms with Gasteiger partial charge in [0.05, 0.1) is 62.5 Å². The largest absolute Gasteiger partial charge is 0.457 e. The molecule has 356 valence electrons. The molecule has 0 amide bonds. The average molecular weight is 965 g/mol. The van der Waals surface area contributed by atoms with Gasteiger partial charge in [-0.2, -0.15) is 0 Å². The van der Waals surface area contributed by atoms with Crippen LogP contribution in [-0.4, -0.2) is 32.4 Å². The highest BCUT2D eigenvalue weighted by atomic mass is 16.5. The highest BCUT2D eigenvalue weighted by Crippen LogP contribution is 2.46. The molecule has 7 nitrogen and oxygen atoms in total. The first-order valence-electron chi connectivity index (χ1n) is 25.6. The molecule has 0 saturated carbocycles. The van der Waals surface area contributed by atoms with Gasteiger partial charge in [-0.3, -0.25) is 4.57 Å². The number of ether oxygens (including phenoxy) is 1. The van der Waals surface area contributed by atoms with Crippen LogP contribution < -0.4 is 14.5 Å². The lowest BCUT2D eigenvalue weighted by Crippen LogP contribution is -2.23. The number of benzene rings is 10. The first-order valence-corrected chi connectivity index (χ1v) is 25.6. The molecule has 15 rings (SSSR count). The maximum Gasteiger partial charge on any atom is 0.137 e. The molecule has 0 saturated heterocycles. The lowest BCUT2D eigenvalue weighted by molar-refractivity contribution is 0.485. The minimum atomic E-state index is 0.753. The molecule has 0 bridgehead atoms. The molecule has 0 aliphatic carbocycles. The summed E-state index contributed by atoms with van der Waals surface area (Å²) < 4.78 is 14.3. The molecule has 0 N–H and O–H groups in total. The van der Waals surface area contributed by atoms with E-state index in [2.05, 4.69) is 280 Å². The third-order valence-corrected chi connectivity index (χ3v) is 15.4. The SMILES string of the molecule is Cc1cc(-n2c3ccccc3c3cc(-c4ccccc4)c(Oc4cccc(N5CN(C)c6ccccc65)c4)cc32)ncc1-c1c(-n2c3ccccc3c3ccccc32)cccc1-n1c2ccccc2c2ccccc21. The van der Waals surface area contributed by atoms with E-state index in [9.17, 15) is 0 Å². The summed E-state index contributed by atoms with van der Waals surface area (Å²) in [5.74, 6) is 2.35. The number of hydrogen-bond acceptors (Lipinski definition) is 4. The van der Waals surface area contributed by atoms with Crippen LogP contribution >= 0.6 is 0 Å².